The molecule has 1 aliphatic rings. The number of amides is 1. The molecule has 6 nitrogen and oxygen atoms in total. The topological polar surface area (TPSA) is 76.0 Å². The Hall–Kier alpha value is -1.44. The van der Waals surface area contributed by atoms with Crippen LogP contribution in [0.15, 0.2) is 33.8 Å². The second-order valence-corrected chi connectivity index (χ2v) is 6.01. The molecule has 2 N–H and O–H groups in total. The van der Waals surface area contributed by atoms with E-state index in [-0.39, 0.29) is 36.5 Å². The third-order valence-corrected chi connectivity index (χ3v) is 4.02. The normalized spacial score (nSPS) is 17.2. The van der Waals surface area contributed by atoms with Gasteiger partial charge in [0.05, 0.1) is 17.2 Å². The molecule has 2 aromatic rings. The van der Waals surface area contributed by atoms with Crippen molar-refractivity contribution >= 4 is 45.1 Å². The van der Waals surface area contributed by atoms with E-state index in [9.17, 15) is 9.59 Å². The highest BCUT2D eigenvalue weighted by Crippen LogP contribution is 2.14. The number of rotatable bonds is 3. The molecular weight excluding hydrogens is 372 g/mol. The van der Waals surface area contributed by atoms with Crippen LogP contribution < -0.4 is 16.2 Å². The summed E-state index contributed by atoms with van der Waals surface area (Å²) in [5.74, 6) is -0.165. The quantitative estimate of drug-likeness (QED) is 0.826. The number of benzene rings is 1. The third-order valence-electron chi connectivity index (χ3n) is 3.53. The molecule has 1 fully saturated rings. The zero-order chi connectivity index (χ0) is 14.8. The van der Waals surface area contributed by atoms with Crippen molar-refractivity contribution in [3.05, 3.63) is 39.4 Å². The lowest BCUT2D eigenvalue weighted by Crippen LogP contribution is -2.39. The van der Waals surface area contributed by atoms with Crippen molar-refractivity contribution in [3.63, 3.8) is 0 Å². The van der Waals surface area contributed by atoms with E-state index in [1.165, 1.54) is 10.9 Å². The van der Waals surface area contributed by atoms with E-state index in [0.29, 0.717) is 10.9 Å². The summed E-state index contributed by atoms with van der Waals surface area (Å²) >= 11 is 3.34. The summed E-state index contributed by atoms with van der Waals surface area (Å²) in [5.41, 5.74) is 0.417. The van der Waals surface area contributed by atoms with E-state index in [4.69, 9.17) is 0 Å². The lowest BCUT2D eigenvalue weighted by Gasteiger charge is -2.12. The maximum Gasteiger partial charge on any atom is 0.261 e. The first-order valence-electron chi connectivity index (χ1n) is 6.78. The lowest BCUT2D eigenvalue weighted by molar-refractivity contribution is -0.122. The van der Waals surface area contributed by atoms with Crippen molar-refractivity contribution in [2.75, 3.05) is 13.1 Å². The lowest BCUT2D eigenvalue weighted by atomic mass is 10.2. The highest BCUT2D eigenvalue weighted by molar-refractivity contribution is 9.10. The van der Waals surface area contributed by atoms with Crippen LogP contribution in [0.2, 0.25) is 0 Å². The Morgan fingerprint density at radius 1 is 1.50 bits per heavy atom. The molecule has 1 amide bonds. The number of nitrogens with one attached hydrogen (secondary N) is 2. The Morgan fingerprint density at radius 2 is 2.32 bits per heavy atom. The number of carbonyl (C=O) groups excluding carboxylic acids is 1. The second kappa shape index (κ2) is 7.21. The number of aromatic nitrogens is 2. The molecule has 1 aromatic carbocycles. The van der Waals surface area contributed by atoms with Crippen molar-refractivity contribution in [1.82, 2.24) is 20.2 Å². The number of carbonyl (C=O) groups is 1. The van der Waals surface area contributed by atoms with Crippen LogP contribution in [0.3, 0.4) is 0 Å². The number of nitrogens with zero attached hydrogens (tertiary/aromatic N) is 2. The van der Waals surface area contributed by atoms with Crippen molar-refractivity contribution in [3.8, 4) is 0 Å². The Bertz CT molecular complexity index is 743. The van der Waals surface area contributed by atoms with Crippen LogP contribution in [0.4, 0.5) is 0 Å². The van der Waals surface area contributed by atoms with Gasteiger partial charge in [-0.2, -0.15) is 0 Å². The van der Waals surface area contributed by atoms with Crippen LogP contribution in [-0.2, 0) is 11.3 Å². The zero-order valence-corrected chi connectivity index (χ0v) is 14.1. The monoisotopic (exact) mass is 386 g/mol. The van der Waals surface area contributed by atoms with Crippen LogP contribution in [0.5, 0.6) is 0 Å². The second-order valence-electron chi connectivity index (χ2n) is 5.10. The van der Waals surface area contributed by atoms with Crippen molar-refractivity contribution in [2.24, 2.45) is 0 Å². The molecule has 1 aliphatic heterocycles. The van der Waals surface area contributed by atoms with Gasteiger partial charge in [0.25, 0.3) is 5.56 Å². The SMILES string of the molecule is Cl.O=C(Cn1cnc2ccc(Br)cc2c1=O)NC1CCNC1. The first kappa shape index (κ1) is 16.9. The molecule has 1 unspecified atom stereocenters. The fourth-order valence-corrected chi connectivity index (χ4v) is 2.81. The largest absolute Gasteiger partial charge is 0.350 e. The van der Waals surface area contributed by atoms with Gasteiger partial charge >= 0.3 is 0 Å². The van der Waals surface area contributed by atoms with Gasteiger partial charge < -0.3 is 10.6 Å². The van der Waals surface area contributed by atoms with Crippen molar-refractivity contribution in [2.45, 2.75) is 19.0 Å². The maximum atomic E-state index is 12.4. The van der Waals surface area contributed by atoms with Gasteiger partial charge in [0.15, 0.2) is 0 Å². The molecule has 22 heavy (non-hydrogen) atoms. The number of hydrogen-bond donors (Lipinski definition) is 2. The van der Waals surface area contributed by atoms with Crippen LogP contribution in [-0.4, -0.2) is 34.6 Å². The predicted molar refractivity (Wildman–Crippen MR) is 90.4 cm³/mol. The Balaban J connectivity index is 0.00000176. The maximum absolute atomic E-state index is 12.4. The minimum atomic E-state index is -0.207. The standard InChI is InChI=1S/C14H15BrN4O2.ClH/c15-9-1-2-12-11(5-9)14(21)19(8-17-12)7-13(20)18-10-3-4-16-6-10;/h1-2,5,8,10,16H,3-4,6-7H2,(H,18,20);1H. The highest BCUT2D eigenvalue weighted by Gasteiger charge is 2.17. The molecule has 2 heterocycles. The molecule has 118 valence electrons. The molecule has 1 atom stereocenters. The van der Waals surface area contributed by atoms with Crippen LogP contribution in [0.25, 0.3) is 10.9 Å². The van der Waals surface area contributed by atoms with Crippen LogP contribution in [0, 0.1) is 0 Å². The summed E-state index contributed by atoms with van der Waals surface area (Å²) in [6.07, 6.45) is 2.34. The molecule has 8 heteroatoms. The molecule has 0 spiro atoms. The van der Waals surface area contributed by atoms with Gasteiger partial charge in [-0.3, -0.25) is 14.2 Å². The Kier molecular flexibility index (Phi) is 5.55. The van der Waals surface area contributed by atoms with Crippen molar-refractivity contribution < 1.29 is 4.79 Å². The number of hydrogen-bond acceptors (Lipinski definition) is 4. The minimum Gasteiger partial charge on any atom is -0.350 e. The zero-order valence-electron chi connectivity index (χ0n) is 11.7. The Labute approximate surface area is 141 Å². The van der Waals surface area contributed by atoms with Gasteiger partial charge in [0, 0.05) is 17.1 Å². The van der Waals surface area contributed by atoms with Gasteiger partial charge in [-0.15, -0.1) is 12.4 Å². The molecule has 0 radical (unpaired) electrons. The molecule has 3 rings (SSSR count). The molecular formula is C14H16BrClN4O2. The van der Waals surface area contributed by atoms with E-state index >= 15 is 0 Å². The first-order valence-corrected chi connectivity index (χ1v) is 7.57. The van der Waals surface area contributed by atoms with E-state index in [2.05, 4.69) is 31.5 Å². The molecule has 1 saturated heterocycles. The average molecular weight is 388 g/mol. The summed E-state index contributed by atoms with van der Waals surface area (Å²) in [6.45, 7) is 1.69. The molecule has 0 aliphatic carbocycles. The molecule has 0 bridgehead atoms. The smallest absolute Gasteiger partial charge is 0.261 e. The highest BCUT2D eigenvalue weighted by atomic mass is 79.9. The fourth-order valence-electron chi connectivity index (χ4n) is 2.45. The molecule has 0 saturated carbocycles. The minimum absolute atomic E-state index is 0. The van der Waals surface area contributed by atoms with Gasteiger partial charge in [-0.25, -0.2) is 4.98 Å². The number of fused-ring (bicyclic) bond motifs is 1. The van der Waals surface area contributed by atoms with E-state index in [1.807, 2.05) is 6.07 Å². The average Bonchev–Trinajstić information content (AvgIpc) is 2.95. The summed E-state index contributed by atoms with van der Waals surface area (Å²) in [7, 11) is 0. The van der Waals surface area contributed by atoms with Gasteiger partial charge in [-0.05, 0) is 31.2 Å². The summed E-state index contributed by atoms with van der Waals surface area (Å²) in [6, 6.07) is 5.48. The fraction of sp³-hybridized carbons (Fsp3) is 0.357. The summed E-state index contributed by atoms with van der Waals surface area (Å²) in [5, 5.41) is 6.60. The van der Waals surface area contributed by atoms with E-state index in [1.54, 1.807) is 12.1 Å². The summed E-state index contributed by atoms with van der Waals surface area (Å²) < 4.78 is 2.15. The van der Waals surface area contributed by atoms with Gasteiger partial charge in [0.1, 0.15) is 6.54 Å². The van der Waals surface area contributed by atoms with Gasteiger partial charge in [0.2, 0.25) is 5.91 Å². The molecule has 1 aromatic heterocycles. The summed E-state index contributed by atoms with van der Waals surface area (Å²) in [4.78, 5) is 28.6. The van der Waals surface area contributed by atoms with Crippen molar-refractivity contribution in [1.29, 1.82) is 0 Å². The van der Waals surface area contributed by atoms with Crippen LogP contribution >= 0.6 is 28.3 Å². The van der Waals surface area contributed by atoms with E-state index in [0.717, 1.165) is 24.0 Å². The number of halogens is 2. The Morgan fingerprint density at radius 3 is 3.05 bits per heavy atom. The van der Waals surface area contributed by atoms with E-state index < -0.39 is 0 Å². The third kappa shape index (κ3) is 3.66. The first-order chi connectivity index (χ1) is 10.1. The van der Waals surface area contributed by atoms with Crippen LogP contribution in [0.1, 0.15) is 6.42 Å². The predicted octanol–water partition coefficient (Wildman–Crippen LogP) is 1.06. The van der Waals surface area contributed by atoms with Gasteiger partial charge in [-0.1, -0.05) is 15.9 Å².